The second kappa shape index (κ2) is 7.26. The first-order valence-electron chi connectivity index (χ1n) is 7.43. The van der Waals surface area contributed by atoms with Crippen LogP contribution in [-0.2, 0) is 17.8 Å². The van der Waals surface area contributed by atoms with E-state index in [2.05, 4.69) is 28.7 Å². The Morgan fingerprint density at radius 1 is 1.47 bits per heavy atom. The monoisotopic (exact) mass is 264 g/mol. The molecular weight excluding hydrogens is 240 g/mol. The van der Waals surface area contributed by atoms with E-state index in [1.165, 1.54) is 12.8 Å². The largest absolute Gasteiger partial charge is 0.356 e. The van der Waals surface area contributed by atoms with Gasteiger partial charge < -0.3 is 5.32 Å². The minimum absolute atomic E-state index is 0.162. The summed E-state index contributed by atoms with van der Waals surface area (Å²) in [7, 11) is 0. The van der Waals surface area contributed by atoms with Crippen LogP contribution in [0.2, 0.25) is 0 Å². The quantitative estimate of drug-likeness (QED) is 0.693. The molecule has 5 heteroatoms. The number of nitrogens with zero attached hydrogens (tertiary/aromatic N) is 3. The van der Waals surface area contributed by atoms with Crippen molar-refractivity contribution >= 4 is 5.91 Å². The molecular formula is C14H24N4O. The fraction of sp³-hybridized carbons (Fsp3) is 0.786. The van der Waals surface area contributed by atoms with Crippen LogP contribution < -0.4 is 5.32 Å². The van der Waals surface area contributed by atoms with E-state index in [0.29, 0.717) is 6.42 Å². The number of aryl methyl sites for hydroxylation is 1. The molecule has 1 aromatic rings. The first-order chi connectivity index (χ1) is 9.28. The van der Waals surface area contributed by atoms with Gasteiger partial charge in [-0.25, -0.2) is 0 Å². The molecule has 106 valence electrons. The van der Waals surface area contributed by atoms with Gasteiger partial charge in [-0.05, 0) is 44.4 Å². The van der Waals surface area contributed by atoms with Crippen LogP contribution in [0, 0.1) is 5.92 Å². The van der Waals surface area contributed by atoms with Crippen molar-refractivity contribution in [1.29, 1.82) is 0 Å². The Morgan fingerprint density at radius 2 is 2.32 bits per heavy atom. The summed E-state index contributed by atoms with van der Waals surface area (Å²) in [4.78, 5) is 11.4. The number of aromatic nitrogens is 3. The lowest BCUT2D eigenvalue weighted by atomic mass is 10.2. The highest BCUT2D eigenvalue weighted by molar-refractivity contribution is 5.75. The molecule has 19 heavy (non-hydrogen) atoms. The van der Waals surface area contributed by atoms with Crippen LogP contribution in [0.4, 0.5) is 0 Å². The van der Waals surface area contributed by atoms with Gasteiger partial charge in [0.1, 0.15) is 0 Å². The zero-order valence-corrected chi connectivity index (χ0v) is 11.8. The highest BCUT2D eigenvalue weighted by atomic mass is 16.1. The van der Waals surface area contributed by atoms with E-state index in [0.717, 1.165) is 50.4 Å². The van der Waals surface area contributed by atoms with Gasteiger partial charge in [-0.15, -0.1) is 5.10 Å². The third-order valence-corrected chi connectivity index (χ3v) is 3.39. The predicted molar refractivity (Wildman–Crippen MR) is 73.6 cm³/mol. The van der Waals surface area contributed by atoms with E-state index in [9.17, 15) is 4.79 Å². The number of carbonyl (C=O) groups is 1. The van der Waals surface area contributed by atoms with Crippen LogP contribution >= 0.6 is 0 Å². The van der Waals surface area contributed by atoms with Crippen LogP contribution in [0.5, 0.6) is 0 Å². The topological polar surface area (TPSA) is 59.8 Å². The van der Waals surface area contributed by atoms with E-state index in [-0.39, 0.29) is 5.91 Å². The molecule has 0 spiro atoms. The Bertz CT molecular complexity index is 398. The molecule has 0 aliphatic heterocycles. The van der Waals surface area contributed by atoms with Crippen molar-refractivity contribution in [3.05, 3.63) is 11.9 Å². The zero-order chi connectivity index (χ0) is 13.5. The summed E-state index contributed by atoms with van der Waals surface area (Å²) in [5.74, 6) is 1.02. The van der Waals surface area contributed by atoms with Crippen molar-refractivity contribution < 1.29 is 4.79 Å². The van der Waals surface area contributed by atoms with Gasteiger partial charge >= 0.3 is 0 Å². The number of nitrogens with one attached hydrogen (secondary N) is 1. The molecule has 5 nitrogen and oxygen atoms in total. The summed E-state index contributed by atoms with van der Waals surface area (Å²) in [6, 6.07) is 0. The normalized spacial score (nSPS) is 14.6. The predicted octanol–water partition coefficient (Wildman–Crippen LogP) is 1.93. The Morgan fingerprint density at radius 3 is 3.05 bits per heavy atom. The van der Waals surface area contributed by atoms with Crippen LogP contribution in [-0.4, -0.2) is 27.4 Å². The van der Waals surface area contributed by atoms with Gasteiger partial charge in [0.05, 0.1) is 5.69 Å². The fourth-order valence-electron chi connectivity index (χ4n) is 2.07. The molecule has 1 heterocycles. The summed E-state index contributed by atoms with van der Waals surface area (Å²) in [6.45, 7) is 3.70. The fourth-order valence-corrected chi connectivity index (χ4v) is 2.07. The Hall–Kier alpha value is -1.39. The van der Waals surface area contributed by atoms with Gasteiger partial charge in [-0.1, -0.05) is 12.1 Å². The lowest BCUT2D eigenvalue weighted by Gasteiger charge is -2.03. The average molecular weight is 264 g/mol. The van der Waals surface area contributed by atoms with Gasteiger partial charge in [0, 0.05) is 25.7 Å². The number of hydrogen-bond acceptors (Lipinski definition) is 3. The number of amides is 1. The van der Waals surface area contributed by atoms with E-state index in [4.69, 9.17) is 0 Å². The van der Waals surface area contributed by atoms with E-state index >= 15 is 0 Å². The zero-order valence-electron chi connectivity index (χ0n) is 11.8. The molecule has 1 aliphatic carbocycles. The van der Waals surface area contributed by atoms with E-state index in [1.54, 1.807) is 0 Å². The SMILES string of the molecule is CCCNC(=O)CCCCn1cc(CC2CC2)nn1. The van der Waals surface area contributed by atoms with Crippen molar-refractivity contribution in [3.8, 4) is 0 Å². The van der Waals surface area contributed by atoms with Crippen LogP contribution in [0.3, 0.4) is 0 Å². The first-order valence-corrected chi connectivity index (χ1v) is 7.43. The van der Waals surface area contributed by atoms with Crippen molar-refractivity contribution in [2.75, 3.05) is 6.54 Å². The lowest BCUT2D eigenvalue weighted by molar-refractivity contribution is -0.121. The highest BCUT2D eigenvalue weighted by Crippen LogP contribution is 2.31. The maximum Gasteiger partial charge on any atom is 0.219 e. The van der Waals surface area contributed by atoms with Crippen molar-refractivity contribution in [1.82, 2.24) is 20.3 Å². The number of carbonyl (C=O) groups excluding carboxylic acids is 1. The van der Waals surface area contributed by atoms with Crippen molar-refractivity contribution in [2.45, 2.75) is 58.4 Å². The Kier molecular flexibility index (Phi) is 5.36. The van der Waals surface area contributed by atoms with Crippen LogP contribution in [0.25, 0.3) is 0 Å². The number of hydrogen-bond donors (Lipinski definition) is 1. The molecule has 0 radical (unpaired) electrons. The lowest BCUT2D eigenvalue weighted by Crippen LogP contribution is -2.23. The number of unbranched alkanes of at least 4 members (excludes halogenated alkanes) is 1. The molecule has 0 saturated heterocycles. The van der Waals surface area contributed by atoms with Gasteiger partial charge in [0.25, 0.3) is 0 Å². The summed E-state index contributed by atoms with van der Waals surface area (Å²) in [5.41, 5.74) is 1.11. The van der Waals surface area contributed by atoms with Crippen LogP contribution in [0.15, 0.2) is 6.20 Å². The molecule has 0 bridgehead atoms. The molecule has 1 fully saturated rings. The molecule has 1 aliphatic rings. The molecule has 0 aromatic carbocycles. The van der Waals surface area contributed by atoms with E-state index < -0.39 is 0 Å². The van der Waals surface area contributed by atoms with Crippen molar-refractivity contribution in [2.24, 2.45) is 5.92 Å². The maximum atomic E-state index is 11.4. The summed E-state index contributed by atoms with van der Waals surface area (Å²) in [5, 5.41) is 11.2. The third kappa shape index (κ3) is 5.41. The number of rotatable bonds is 9. The Balaban J connectivity index is 1.57. The highest BCUT2D eigenvalue weighted by Gasteiger charge is 2.22. The summed E-state index contributed by atoms with van der Waals surface area (Å²) < 4.78 is 1.90. The Labute approximate surface area is 114 Å². The maximum absolute atomic E-state index is 11.4. The standard InChI is InChI=1S/C14H24N4O/c1-2-8-15-14(19)5-3-4-9-18-11-13(16-17-18)10-12-6-7-12/h11-12H,2-10H2,1H3,(H,15,19). The molecule has 1 N–H and O–H groups in total. The molecule has 1 amide bonds. The third-order valence-electron chi connectivity index (χ3n) is 3.39. The molecule has 0 unspecified atom stereocenters. The van der Waals surface area contributed by atoms with Gasteiger partial charge in [-0.2, -0.15) is 0 Å². The minimum Gasteiger partial charge on any atom is -0.356 e. The van der Waals surface area contributed by atoms with Crippen LogP contribution in [0.1, 0.15) is 51.1 Å². The van der Waals surface area contributed by atoms with Gasteiger partial charge in [0.2, 0.25) is 5.91 Å². The second-order valence-electron chi connectivity index (χ2n) is 5.43. The minimum atomic E-state index is 0.162. The first kappa shape index (κ1) is 14.0. The molecule has 1 aromatic heterocycles. The summed E-state index contributed by atoms with van der Waals surface area (Å²) >= 11 is 0. The van der Waals surface area contributed by atoms with Crippen molar-refractivity contribution in [3.63, 3.8) is 0 Å². The van der Waals surface area contributed by atoms with Gasteiger partial charge in [-0.3, -0.25) is 9.48 Å². The summed E-state index contributed by atoms with van der Waals surface area (Å²) in [6.07, 6.45) is 9.32. The average Bonchev–Trinajstić information content (AvgIpc) is 3.10. The second-order valence-corrected chi connectivity index (χ2v) is 5.43. The molecule has 0 atom stereocenters. The smallest absolute Gasteiger partial charge is 0.219 e. The molecule has 2 rings (SSSR count). The van der Waals surface area contributed by atoms with E-state index in [1.807, 2.05) is 4.68 Å². The van der Waals surface area contributed by atoms with Gasteiger partial charge in [0.15, 0.2) is 0 Å². The molecule has 1 saturated carbocycles.